The Hall–Kier alpha value is -2.35. The Kier molecular flexibility index (Phi) is 4.94. The lowest BCUT2D eigenvalue weighted by molar-refractivity contribution is -0.131. The first-order valence-electron chi connectivity index (χ1n) is 7.10. The molecule has 0 saturated heterocycles. The Morgan fingerprint density at radius 3 is 2.48 bits per heavy atom. The molecule has 2 heteroatoms. The van der Waals surface area contributed by atoms with E-state index < -0.39 is 5.97 Å². The van der Waals surface area contributed by atoms with Crippen LogP contribution in [0.4, 0.5) is 0 Å². The van der Waals surface area contributed by atoms with E-state index in [1.807, 2.05) is 6.92 Å². The van der Waals surface area contributed by atoms with Crippen molar-refractivity contribution in [2.45, 2.75) is 26.7 Å². The summed E-state index contributed by atoms with van der Waals surface area (Å²) in [4.78, 5) is 10.6. The molecule has 0 radical (unpaired) electrons. The second-order valence-corrected chi connectivity index (χ2v) is 5.40. The van der Waals surface area contributed by atoms with E-state index >= 15 is 0 Å². The van der Waals surface area contributed by atoms with E-state index in [4.69, 9.17) is 5.11 Å². The highest BCUT2D eigenvalue weighted by Crippen LogP contribution is 2.22. The predicted molar refractivity (Wildman–Crippen MR) is 86.3 cm³/mol. The topological polar surface area (TPSA) is 37.3 Å². The summed E-state index contributed by atoms with van der Waals surface area (Å²) in [6.45, 7) is 3.94. The summed E-state index contributed by atoms with van der Waals surface area (Å²) in [6, 6.07) is 16.9. The number of carboxylic acid groups (broad SMARTS) is 1. The smallest absolute Gasteiger partial charge is 0.328 e. The van der Waals surface area contributed by atoms with Gasteiger partial charge in [0.1, 0.15) is 0 Å². The first-order valence-corrected chi connectivity index (χ1v) is 7.10. The summed E-state index contributed by atoms with van der Waals surface area (Å²) >= 11 is 0. The number of carboxylic acids is 1. The average Bonchev–Trinajstić information content (AvgIpc) is 2.45. The van der Waals surface area contributed by atoms with Crippen molar-refractivity contribution in [3.63, 3.8) is 0 Å². The van der Waals surface area contributed by atoms with Gasteiger partial charge >= 0.3 is 5.97 Å². The fraction of sp³-hybridized carbons (Fsp3) is 0.211. The van der Waals surface area contributed by atoms with Gasteiger partial charge in [-0.15, -0.1) is 0 Å². The molecule has 0 aliphatic heterocycles. The van der Waals surface area contributed by atoms with E-state index in [1.54, 1.807) is 0 Å². The van der Waals surface area contributed by atoms with Gasteiger partial charge in [-0.1, -0.05) is 59.7 Å². The third-order valence-corrected chi connectivity index (χ3v) is 3.49. The average molecular weight is 280 g/mol. The second kappa shape index (κ2) is 6.89. The Morgan fingerprint density at radius 1 is 1.10 bits per heavy atom. The van der Waals surface area contributed by atoms with Gasteiger partial charge in [0.25, 0.3) is 0 Å². The van der Waals surface area contributed by atoms with Gasteiger partial charge in [0.05, 0.1) is 0 Å². The van der Waals surface area contributed by atoms with Gasteiger partial charge in [-0.3, -0.25) is 0 Å². The Morgan fingerprint density at radius 2 is 1.81 bits per heavy atom. The summed E-state index contributed by atoms with van der Waals surface area (Å²) in [6.07, 6.45) is 2.91. The maximum Gasteiger partial charge on any atom is 0.328 e. The van der Waals surface area contributed by atoms with Gasteiger partial charge in [0, 0.05) is 6.08 Å². The molecule has 0 heterocycles. The summed E-state index contributed by atoms with van der Waals surface area (Å²) < 4.78 is 0. The summed E-state index contributed by atoms with van der Waals surface area (Å²) in [5.41, 5.74) is 5.78. The molecule has 2 aromatic carbocycles. The predicted octanol–water partition coefficient (Wildman–Crippen LogP) is 4.63. The van der Waals surface area contributed by atoms with E-state index in [0.717, 1.165) is 18.4 Å². The standard InChI is InChI=1S/C19H20O2/c1-14-7-10-17(11-8-14)18-5-3-4-16(13-18)9-6-15(2)12-19(20)21/h3-5,7-8,10-13H,6,9H2,1-2H3,(H,20,21)/b15-12+. The normalized spacial score (nSPS) is 11.4. The monoisotopic (exact) mass is 280 g/mol. The van der Waals surface area contributed by atoms with Gasteiger partial charge in [-0.25, -0.2) is 4.79 Å². The molecule has 2 nitrogen and oxygen atoms in total. The number of benzene rings is 2. The molecule has 0 aliphatic carbocycles. The van der Waals surface area contributed by atoms with Crippen LogP contribution in [0.5, 0.6) is 0 Å². The van der Waals surface area contributed by atoms with Gasteiger partial charge in [-0.2, -0.15) is 0 Å². The fourth-order valence-corrected chi connectivity index (χ4v) is 2.28. The van der Waals surface area contributed by atoms with E-state index in [1.165, 1.54) is 28.3 Å². The molecule has 2 rings (SSSR count). The third kappa shape index (κ3) is 4.60. The van der Waals surface area contributed by atoms with Crippen molar-refractivity contribution in [3.8, 4) is 11.1 Å². The maximum absolute atomic E-state index is 10.6. The molecule has 108 valence electrons. The van der Waals surface area contributed by atoms with Crippen LogP contribution in [-0.2, 0) is 11.2 Å². The quantitative estimate of drug-likeness (QED) is 0.811. The van der Waals surface area contributed by atoms with E-state index in [-0.39, 0.29) is 0 Å². The highest BCUT2D eigenvalue weighted by Gasteiger charge is 2.01. The Balaban J connectivity index is 2.11. The molecule has 0 saturated carbocycles. The minimum atomic E-state index is -0.874. The molecule has 0 unspecified atom stereocenters. The SMILES string of the molecule is C/C(=C\C(=O)O)CCc1cccc(-c2ccc(C)cc2)c1. The zero-order chi connectivity index (χ0) is 15.2. The first kappa shape index (κ1) is 15.0. The van der Waals surface area contributed by atoms with Crippen LogP contribution in [0.3, 0.4) is 0 Å². The molecular formula is C19H20O2. The van der Waals surface area contributed by atoms with Crippen molar-refractivity contribution in [1.29, 1.82) is 0 Å². The zero-order valence-electron chi connectivity index (χ0n) is 12.5. The van der Waals surface area contributed by atoms with Crippen molar-refractivity contribution in [3.05, 3.63) is 71.3 Å². The minimum absolute atomic E-state index is 0.768. The first-order chi connectivity index (χ1) is 10.0. The number of allylic oxidation sites excluding steroid dienone is 1. The van der Waals surface area contributed by atoms with Crippen molar-refractivity contribution in [2.75, 3.05) is 0 Å². The lowest BCUT2D eigenvalue weighted by Gasteiger charge is -2.06. The second-order valence-electron chi connectivity index (χ2n) is 5.40. The lowest BCUT2D eigenvalue weighted by atomic mass is 9.99. The van der Waals surface area contributed by atoms with Crippen LogP contribution in [0.25, 0.3) is 11.1 Å². The van der Waals surface area contributed by atoms with Gasteiger partial charge in [0.15, 0.2) is 0 Å². The molecule has 0 amide bonds. The minimum Gasteiger partial charge on any atom is -0.478 e. The fourth-order valence-electron chi connectivity index (χ4n) is 2.28. The number of aryl methyl sites for hydroxylation is 2. The van der Waals surface area contributed by atoms with Crippen LogP contribution in [0, 0.1) is 6.92 Å². The van der Waals surface area contributed by atoms with Crippen molar-refractivity contribution in [1.82, 2.24) is 0 Å². The molecule has 1 N–H and O–H groups in total. The molecule has 0 fully saturated rings. The van der Waals surface area contributed by atoms with Crippen LogP contribution >= 0.6 is 0 Å². The van der Waals surface area contributed by atoms with Crippen molar-refractivity contribution in [2.24, 2.45) is 0 Å². The molecule has 0 atom stereocenters. The van der Waals surface area contributed by atoms with Gasteiger partial charge in [-0.05, 0) is 43.4 Å². The lowest BCUT2D eigenvalue weighted by Crippen LogP contribution is -1.92. The zero-order valence-corrected chi connectivity index (χ0v) is 12.5. The van der Waals surface area contributed by atoms with Crippen LogP contribution in [-0.4, -0.2) is 11.1 Å². The summed E-state index contributed by atoms with van der Waals surface area (Å²) in [5, 5.41) is 8.72. The van der Waals surface area contributed by atoms with E-state index in [0.29, 0.717) is 0 Å². The number of carbonyl (C=O) groups is 1. The van der Waals surface area contributed by atoms with Crippen LogP contribution in [0.1, 0.15) is 24.5 Å². The number of hydrogen-bond acceptors (Lipinski definition) is 1. The number of rotatable bonds is 5. The van der Waals surface area contributed by atoms with Gasteiger partial charge < -0.3 is 5.11 Å². The van der Waals surface area contributed by atoms with Crippen LogP contribution in [0.2, 0.25) is 0 Å². The van der Waals surface area contributed by atoms with Crippen molar-refractivity contribution >= 4 is 5.97 Å². The molecule has 0 aliphatic rings. The van der Waals surface area contributed by atoms with Crippen molar-refractivity contribution < 1.29 is 9.90 Å². The number of hydrogen-bond donors (Lipinski definition) is 1. The third-order valence-electron chi connectivity index (χ3n) is 3.49. The van der Waals surface area contributed by atoms with E-state index in [9.17, 15) is 4.79 Å². The summed E-state index contributed by atoms with van der Waals surface area (Å²) in [5.74, 6) is -0.874. The molecular weight excluding hydrogens is 260 g/mol. The Bertz CT molecular complexity index is 652. The maximum atomic E-state index is 10.6. The number of aliphatic carboxylic acids is 1. The van der Waals surface area contributed by atoms with Gasteiger partial charge in [0.2, 0.25) is 0 Å². The highest BCUT2D eigenvalue weighted by atomic mass is 16.4. The molecule has 2 aromatic rings. The Labute approximate surface area is 125 Å². The molecule has 0 spiro atoms. The van der Waals surface area contributed by atoms with Crippen LogP contribution in [0.15, 0.2) is 60.2 Å². The molecule has 0 bridgehead atoms. The molecule has 0 aromatic heterocycles. The van der Waals surface area contributed by atoms with E-state index in [2.05, 4.69) is 55.5 Å². The summed E-state index contributed by atoms with van der Waals surface area (Å²) in [7, 11) is 0. The highest BCUT2D eigenvalue weighted by molar-refractivity contribution is 5.80. The largest absolute Gasteiger partial charge is 0.478 e. The molecule has 21 heavy (non-hydrogen) atoms. The van der Waals surface area contributed by atoms with Crippen LogP contribution < -0.4 is 0 Å².